The monoisotopic (exact) mass is 269 g/mol. The van der Waals surface area contributed by atoms with Gasteiger partial charge in [0.05, 0.1) is 6.16 Å². The summed E-state index contributed by atoms with van der Waals surface area (Å²) in [6, 6.07) is 0. The first kappa shape index (κ1) is 16.1. The van der Waals surface area contributed by atoms with Crippen LogP contribution in [0.15, 0.2) is 0 Å². The molecule has 0 aliphatic heterocycles. The van der Waals surface area contributed by atoms with Gasteiger partial charge < -0.3 is 14.9 Å². The normalized spacial score (nSPS) is 11.2. The molecule has 0 spiro atoms. The standard InChI is InChI=1S/C8H16NO7P/c10-7(3-1-4-8(11)12)9(13)5-2-6-17(14,15)16/h13H,1-6H2,(H,11,12)(H2,14,15,16). The van der Waals surface area contributed by atoms with Gasteiger partial charge in [0.1, 0.15) is 0 Å². The van der Waals surface area contributed by atoms with Gasteiger partial charge in [0.15, 0.2) is 0 Å². The number of aliphatic carboxylic acids is 1. The van der Waals surface area contributed by atoms with Gasteiger partial charge in [-0.2, -0.15) is 0 Å². The highest BCUT2D eigenvalue weighted by molar-refractivity contribution is 7.51. The van der Waals surface area contributed by atoms with Gasteiger partial charge in [-0.1, -0.05) is 0 Å². The van der Waals surface area contributed by atoms with Crippen molar-refractivity contribution < 1.29 is 34.3 Å². The summed E-state index contributed by atoms with van der Waals surface area (Å²) in [5, 5.41) is 17.8. The first-order valence-electron chi connectivity index (χ1n) is 4.98. The molecule has 0 rings (SSSR count). The van der Waals surface area contributed by atoms with Crippen molar-refractivity contribution in [3.05, 3.63) is 0 Å². The molecule has 0 fully saturated rings. The minimum Gasteiger partial charge on any atom is -0.481 e. The van der Waals surface area contributed by atoms with Crippen molar-refractivity contribution in [3.63, 3.8) is 0 Å². The molecule has 17 heavy (non-hydrogen) atoms. The molecule has 0 saturated carbocycles. The number of hydrogen-bond acceptors (Lipinski definition) is 4. The molecule has 1 amide bonds. The summed E-state index contributed by atoms with van der Waals surface area (Å²) >= 11 is 0. The summed E-state index contributed by atoms with van der Waals surface area (Å²) < 4.78 is 10.5. The van der Waals surface area contributed by atoms with Crippen LogP contribution in [0.3, 0.4) is 0 Å². The number of hydroxylamine groups is 2. The molecule has 4 N–H and O–H groups in total. The Morgan fingerprint density at radius 2 is 1.71 bits per heavy atom. The molecule has 0 aromatic heterocycles. The topological polar surface area (TPSA) is 135 Å². The largest absolute Gasteiger partial charge is 0.481 e. The molecule has 0 aliphatic carbocycles. The average Bonchev–Trinajstić information content (AvgIpc) is 2.14. The minimum absolute atomic E-state index is 0.0224. The molecule has 100 valence electrons. The number of rotatable bonds is 8. The van der Waals surface area contributed by atoms with Gasteiger partial charge in [-0.05, 0) is 12.8 Å². The highest BCUT2D eigenvalue weighted by Crippen LogP contribution is 2.34. The fourth-order valence-electron chi connectivity index (χ4n) is 1.07. The Morgan fingerprint density at radius 3 is 2.18 bits per heavy atom. The van der Waals surface area contributed by atoms with Crippen LogP contribution >= 0.6 is 7.60 Å². The fourth-order valence-corrected chi connectivity index (χ4v) is 1.62. The lowest BCUT2D eigenvalue weighted by molar-refractivity contribution is -0.165. The Bertz CT molecular complexity index is 313. The zero-order chi connectivity index (χ0) is 13.5. The van der Waals surface area contributed by atoms with E-state index in [9.17, 15) is 14.2 Å². The van der Waals surface area contributed by atoms with Crippen LogP contribution in [0.1, 0.15) is 25.7 Å². The van der Waals surface area contributed by atoms with Gasteiger partial charge in [-0.25, -0.2) is 5.06 Å². The molecular weight excluding hydrogens is 253 g/mol. The molecule has 0 aromatic rings. The summed E-state index contributed by atoms with van der Waals surface area (Å²) in [5.41, 5.74) is 0. The Hall–Kier alpha value is -0.950. The third-order valence-corrected chi connectivity index (χ3v) is 2.79. The van der Waals surface area contributed by atoms with Crippen molar-refractivity contribution in [1.82, 2.24) is 5.06 Å². The molecule has 0 saturated heterocycles. The van der Waals surface area contributed by atoms with Gasteiger partial charge in [0.25, 0.3) is 0 Å². The zero-order valence-electron chi connectivity index (χ0n) is 9.15. The smallest absolute Gasteiger partial charge is 0.325 e. The zero-order valence-corrected chi connectivity index (χ0v) is 10.0. The highest BCUT2D eigenvalue weighted by atomic mass is 31.2. The molecule has 0 bridgehead atoms. The second kappa shape index (κ2) is 7.39. The Morgan fingerprint density at radius 1 is 1.12 bits per heavy atom. The predicted molar refractivity (Wildman–Crippen MR) is 56.5 cm³/mol. The lowest BCUT2D eigenvalue weighted by Crippen LogP contribution is -2.28. The van der Waals surface area contributed by atoms with Crippen molar-refractivity contribution in [2.24, 2.45) is 0 Å². The van der Waals surface area contributed by atoms with E-state index in [4.69, 9.17) is 20.1 Å². The Kier molecular flexibility index (Phi) is 6.98. The lowest BCUT2D eigenvalue weighted by Gasteiger charge is -2.14. The van der Waals surface area contributed by atoms with Gasteiger partial charge in [0, 0.05) is 19.4 Å². The Balaban J connectivity index is 3.75. The lowest BCUT2D eigenvalue weighted by atomic mass is 10.2. The third-order valence-electron chi connectivity index (χ3n) is 1.89. The maximum absolute atomic E-state index is 11.2. The van der Waals surface area contributed by atoms with Crippen LogP contribution in [0, 0.1) is 0 Å². The van der Waals surface area contributed by atoms with E-state index in [0.29, 0.717) is 5.06 Å². The quantitative estimate of drug-likeness (QED) is 0.277. The number of carbonyl (C=O) groups excluding carboxylic acids is 1. The van der Waals surface area contributed by atoms with E-state index in [1.54, 1.807) is 0 Å². The molecule has 0 aliphatic rings. The molecule has 0 unspecified atom stereocenters. The molecule has 0 atom stereocenters. The summed E-state index contributed by atoms with van der Waals surface area (Å²) in [4.78, 5) is 38.4. The second-order valence-corrected chi connectivity index (χ2v) is 5.28. The number of carboxylic acid groups (broad SMARTS) is 1. The van der Waals surface area contributed by atoms with E-state index in [0.717, 1.165) is 0 Å². The van der Waals surface area contributed by atoms with Crippen LogP contribution in [-0.2, 0) is 14.2 Å². The van der Waals surface area contributed by atoms with Crippen molar-refractivity contribution in [2.45, 2.75) is 25.7 Å². The summed E-state index contributed by atoms with van der Waals surface area (Å²) in [6.45, 7) is -0.184. The molecule has 8 nitrogen and oxygen atoms in total. The van der Waals surface area contributed by atoms with Crippen molar-refractivity contribution >= 4 is 19.5 Å². The highest BCUT2D eigenvalue weighted by Gasteiger charge is 2.15. The number of carbonyl (C=O) groups is 2. The van der Waals surface area contributed by atoms with Gasteiger partial charge >= 0.3 is 13.6 Å². The van der Waals surface area contributed by atoms with E-state index >= 15 is 0 Å². The average molecular weight is 269 g/mol. The fraction of sp³-hybridized carbons (Fsp3) is 0.750. The molecule has 0 radical (unpaired) electrons. The molecular formula is C8H16NO7P. The first-order valence-corrected chi connectivity index (χ1v) is 6.78. The number of amides is 1. The summed E-state index contributed by atoms with van der Waals surface area (Å²) in [5.74, 6) is -1.68. The van der Waals surface area contributed by atoms with E-state index in [1.165, 1.54) is 0 Å². The molecule has 9 heteroatoms. The van der Waals surface area contributed by atoms with Crippen LogP contribution in [0.25, 0.3) is 0 Å². The number of nitrogens with zero attached hydrogens (tertiary/aromatic N) is 1. The van der Waals surface area contributed by atoms with Crippen molar-refractivity contribution in [3.8, 4) is 0 Å². The van der Waals surface area contributed by atoms with E-state index in [1.807, 2.05) is 0 Å². The van der Waals surface area contributed by atoms with Gasteiger partial charge in [-0.3, -0.25) is 19.4 Å². The van der Waals surface area contributed by atoms with Crippen molar-refractivity contribution in [1.29, 1.82) is 0 Å². The van der Waals surface area contributed by atoms with Crippen molar-refractivity contribution in [2.75, 3.05) is 12.7 Å². The summed E-state index contributed by atoms with van der Waals surface area (Å²) in [7, 11) is -4.11. The van der Waals surface area contributed by atoms with Crippen LogP contribution in [-0.4, -0.2) is 49.7 Å². The molecule has 0 aromatic carbocycles. The van der Waals surface area contributed by atoms with Gasteiger partial charge in [0.2, 0.25) is 5.91 Å². The SMILES string of the molecule is O=C(O)CCCC(=O)N(O)CCCP(=O)(O)O. The van der Waals surface area contributed by atoms with Crippen LogP contribution in [0.5, 0.6) is 0 Å². The van der Waals surface area contributed by atoms with Gasteiger partial charge in [-0.15, -0.1) is 0 Å². The Labute approximate surface area is 98.0 Å². The maximum atomic E-state index is 11.2. The maximum Gasteiger partial charge on any atom is 0.325 e. The minimum atomic E-state index is -4.11. The van der Waals surface area contributed by atoms with Crippen LogP contribution in [0.4, 0.5) is 0 Å². The van der Waals surface area contributed by atoms with E-state index in [2.05, 4.69) is 0 Å². The van der Waals surface area contributed by atoms with E-state index in [-0.39, 0.29) is 32.2 Å². The van der Waals surface area contributed by atoms with E-state index < -0.39 is 25.6 Å². The van der Waals surface area contributed by atoms with Crippen LogP contribution < -0.4 is 0 Å². The third kappa shape index (κ3) is 9.95. The van der Waals surface area contributed by atoms with Crippen LogP contribution in [0.2, 0.25) is 0 Å². The molecule has 0 heterocycles. The number of hydrogen-bond donors (Lipinski definition) is 4. The second-order valence-electron chi connectivity index (χ2n) is 3.51. The summed E-state index contributed by atoms with van der Waals surface area (Å²) in [6.07, 6.45) is -0.595. The first-order chi connectivity index (χ1) is 7.72. The number of carboxylic acids is 1. The predicted octanol–water partition coefficient (Wildman–Crippen LogP) is 0.0269.